The normalized spacial score (nSPS) is 11.5. The lowest BCUT2D eigenvalue weighted by Crippen LogP contribution is -2.41. The van der Waals surface area contributed by atoms with Gasteiger partial charge in [0.15, 0.2) is 5.96 Å². The van der Waals surface area contributed by atoms with Crippen LogP contribution in [-0.2, 0) is 11.3 Å². The van der Waals surface area contributed by atoms with Crippen LogP contribution in [-0.4, -0.2) is 55.0 Å². The number of hydrogen-bond acceptors (Lipinski definition) is 3. The number of aliphatic imine (C=N–C) groups is 1. The third kappa shape index (κ3) is 11.5. The van der Waals surface area contributed by atoms with Gasteiger partial charge in [-0.2, -0.15) is 0 Å². The number of amides is 1. The quantitative estimate of drug-likeness (QED) is 0.188. The van der Waals surface area contributed by atoms with E-state index in [9.17, 15) is 4.79 Å². The van der Waals surface area contributed by atoms with E-state index in [0.29, 0.717) is 24.6 Å². The topological polar surface area (TPSA) is 68.8 Å². The Balaban J connectivity index is 0.00000729. The van der Waals surface area contributed by atoms with Crippen LogP contribution < -0.4 is 16.0 Å². The van der Waals surface area contributed by atoms with Crippen molar-refractivity contribution < 1.29 is 4.79 Å². The molecule has 0 unspecified atom stereocenters. The molecule has 0 saturated carbocycles. The number of rotatable bonds is 11. The first-order chi connectivity index (χ1) is 12.9. The highest BCUT2D eigenvalue weighted by Crippen LogP contribution is 2.05. The summed E-state index contributed by atoms with van der Waals surface area (Å²) >= 11 is 0. The molecule has 3 N–H and O–H groups in total. The summed E-state index contributed by atoms with van der Waals surface area (Å²) in [5, 5.41) is 9.40. The van der Waals surface area contributed by atoms with E-state index in [-0.39, 0.29) is 36.4 Å². The van der Waals surface area contributed by atoms with Crippen molar-refractivity contribution in [3.05, 3.63) is 35.9 Å². The van der Waals surface area contributed by atoms with Crippen molar-refractivity contribution in [2.45, 2.75) is 59.7 Å². The monoisotopic (exact) mass is 503 g/mol. The molecule has 0 saturated heterocycles. The van der Waals surface area contributed by atoms with Gasteiger partial charge in [-0.1, -0.05) is 30.3 Å². The molecule has 0 radical (unpaired) electrons. The number of hydrogen-bond donors (Lipinski definition) is 3. The number of benzene rings is 1. The van der Waals surface area contributed by atoms with Crippen LogP contribution in [0.25, 0.3) is 0 Å². The van der Waals surface area contributed by atoms with Gasteiger partial charge in [-0.3, -0.25) is 9.69 Å². The zero-order chi connectivity index (χ0) is 20.1. The van der Waals surface area contributed by atoms with Gasteiger partial charge in [0.05, 0.1) is 0 Å². The van der Waals surface area contributed by atoms with Gasteiger partial charge in [-0.25, -0.2) is 4.99 Å². The van der Waals surface area contributed by atoms with Crippen molar-refractivity contribution in [3.63, 3.8) is 0 Å². The van der Waals surface area contributed by atoms with Crippen molar-refractivity contribution in [1.29, 1.82) is 0 Å². The summed E-state index contributed by atoms with van der Waals surface area (Å²) in [5.41, 5.74) is 1.08. The van der Waals surface area contributed by atoms with E-state index < -0.39 is 0 Å². The van der Waals surface area contributed by atoms with Gasteiger partial charge in [-0.15, -0.1) is 24.0 Å². The molecule has 0 aliphatic rings. The maximum absolute atomic E-state index is 12.0. The minimum absolute atomic E-state index is 0. The molecule has 1 aromatic carbocycles. The molecule has 0 aliphatic heterocycles. The number of guanidine groups is 1. The number of nitrogens with zero attached hydrogens (tertiary/aromatic N) is 2. The van der Waals surface area contributed by atoms with Crippen LogP contribution in [0.15, 0.2) is 35.3 Å². The summed E-state index contributed by atoms with van der Waals surface area (Å²) in [6, 6.07) is 11.0. The molecule has 28 heavy (non-hydrogen) atoms. The molecule has 0 heterocycles. The van der Waals surface area contributed by atoms with E-state index in [1.807, 2.05) is 37.3 Å². The van der Waals surface area contributed by atoms with Gasteiger partial charge >= 0.3 is 0 Å². The molecule has 6 nitrogen and oxygen atoms in total. The standard InChI is InChI=1S/C21H37N5O.HI/c1-6-22-21(23-13-10-14-26(17(2)3)18(4)5)25-16-20(27)24-15-19-11-8-7-9-12-19;/h7-9,11-12,17-18H,6,10,13-16H2,1-5H3,(H,24,27)(H2,22,23,25);1H. The third-order valence-corrected chi connectivity index (χ3v) is 4.27. The molecule has 1 aromatic rings. The lowest BCUT2D eigenvalue weighted by atomic mass is 10.2. The van der Waals surface area contributed by atoms with Crippen LogP contribution >= 0.6 is 24.0 Å². The third-order valence-electron chi connectivity index (χ3n) is 4.27. The van der Waals surface area contributed by atoms with Crippen LogP contribution in [0, 0.1) is 0 Å². The summed E-state index contributed by atoms with van der Waals surface area (Å²) in [6.07, 6.45) is 1.03. The maximum atomic E-state index is 12.0. The van der Waals surface area contributed by atoms with Gasteiger partial charge in [0.25, 0.3) is 0 Å². The summed E-state index contributed by atoms with van der Waals surface area (Å²) in [7, 11) is 0. The molecule has 160 valence electrons. The first-order valence-electron chi connectivity index (χ1n) is 10.0. The molecule has 0 aromatic heterocycles. The number of carbonyl (C=O) groups excluding carboxylic acids is 1. The van der Waals surface area contributed by atoms with Crippen LogP contribution in [0.2, 0.25) is 0 Å². The second kappa shape index (κ2) is 15.6. The maximum Gasteiger partial charge on any atom is 0.242 e. The Kier molecular flexibility index (Phi) is 14.8. The zero-order valence-corrected chi connectivity index (χ0v) is 20.3. The Morgan fingerprint density at radius 2 is 1.68 bits per heavy atom. The fourth-order valence-corrected chi connectivity index (χ4v) is 2.93. The largest absolute Gasteiger partial charge is 0.357 e. The molecule has 1 rings (SSSR count). The van der Waals surface area contributed by atoms with Crippen molar-refractivity contribution >= 4 is 35.8 Å². The summed E-state index contributed by atoms with van der Waals surface area (Å²) in [5.74, 6) is 0.606. The lowest BCUT2D eigenvalue weighted by molar-refractivity contribution is -0.119. The highest BCUT2D eigenvalue weighted by Gasteiger charge is 2.12. The number of nitrogens with one attached hydrogen (secondary N) is 3. The molecule has 0 bridgehead atoms. The SMILES string of the molecule is CCNC(=NCC(=O)NCc1ccccc1)NCCCN(C(C)C)C(C)C.I. The highest BCUT2D eigenvalue weighted by molar-refractivity contribution is 14.0. The summed E-state index contributed by atoms with van der Waals surface area (Å²) in [4.78, 5) is 18.9. The lowest BCUT2D eigenvalue weighted by Gasteiger charge is -2.30. The fourth-order valence-electron chi connectivity index (χ4n) is 2.93. The smallest absolute Gasteiger partial charge is 0.242 e. The fraction of sp³-hybridized carbons (Fsp3) is 0.619. The van der Waals surface area contributed by atoms with Crippen molar-refractivity contribution in [2.75, 3.05) is 26.2 Å². The molecular formula is C21H38IN5O. The number of carbonyl (C=O) groups is 1. The molecule has 0 atom stereocenters. The summed E-state index contributed by atoms with van der Waals surface area (Å²) < 4.78 is 0. The van der Waals surface area contributed by atoms with E-state index in [1.54, 1.807) is 0 Å². The average molecular weight is 503 g/mol. The van der Waals surface area contributed by atoms with Crippen LogP contribution in [0.5, 0.6) is 0 Å². The Labute approximate surface area is 188 Å². The first kappa shape index (κ1) is 26.6. The van der Waals surface area contributed by atoms with Gasteiger partial charge in [-0.05, 0) is 46.6 Å². The molecule has 7 heteroatoms. The second-order valence-corrected chi connectivity index (χ2v) is 7.16. The Bertz CT molecular complexity index is 555. The minimum Gasteiger partial charge on any atom is -0.357 e. The predicted octanol–water partition coefficient (Wildman–Crippen LogP) is 2.98. The molecule has 0 aliphatic carbocycles. The van der Waals surface area contributed by atoms with Crippen LogP contribution in [0.4, 0.5) is 0 Å². The van der Waals surface area contributed by atoms with E-state index in [2.05, 4.69) is 53.5 Å². The zero-order valence-electron chi connectivity index (χ0n) is 18.0. The Hall–Kier alpha value is -1.35. The molecule has 0 fully saturated rings. The van der Waals surface area contributed by atoms with E-state index in [4.69, 9.17) is 0 Å². The molecule has 0 spiro atoms. The van der Waals surface area contributed by atoms with E-state index in [1.165, 1.54) is 0 Å². The van der Waals surface area contributed by atoms with Gasteiger partial charge < -0.3 is 16.0 Å². The van der Waals surface area contributed by atoms with Crippen LogP contribution in [0.3, 0.4) is 0 Å². The number of halogens is 1. The Morgan fingerprint density at radius 1 is 1.04 bits per heavy atom. The Morgan fingerprint density at radius 3 is 2.25 bits per heavy atom. The van der Waals surface area contributed by atoms with Crippen molar-refractivity contribution in [2.24, 2.45) is 4.99 Å². The van der Waals surface area contributed by atoms with Gasteiger partial charge in [0.1, 0.15) is 6.54 Å². The van der Waals surface area contributed by atoms with Crippen LogP contribution in [0.1, 0.15) is 46.6 Å². The minimum atomic E-state index is -0.0816. The highest BCUT2D eigenvalue weighted by atomic mass is 127. The van der Waals surface area contributed by atoms with E-state index >= 15 is 0 Å². The second-order valence-electron chi connectivity index (χ2n) is 7.16. The van der Waals surface area contributed by atoms with E-state index in [0.717, 1.165) is 31.6 Å². The average Bonchev–Trinajstić information content (AvgIpc) is 2.64. The van der Waals surface area contributed by atoms with Gasteiger partial charge in [0, 0.05) is 38.3 Å². The van der Waals surface area contributed by atoms with Crippen molar-refractivity contribution in [1.82, 2.24) is 20.9 Å². The summed E-state index contributed by atoms with van der Waals surface area (Å²) in [6.45, 7) is 14.2. The molecular weight excluding hydrogens is 465 g/mol. The molecule has 1 amide bonds. The predicted molar refractivity (Wildman–Crippen MR) is 129 cm³/mol. The van der Waals surface area contributed by atoms with Gasteiger partial charge in [0.2, 0.25) is 5.91 Å². The van der Waals surface area contributed by atoms with Crippen molar-refractivity contribution in [3.8, 4) is 0 Å². The first-order valence-corrected chi connectivity index (χ1v) is 10.0.